The van der Waals surface area contributed by atoms with Gasteiger partial charge >= 0.3 is 0 Å². The molecule has 0 saturated carbocycles. The summed E-state index contributed by atoms with van der Waals surface area (Å²) in [6.07, 6.45) is 0. The molecule has 0 radical (unpaired) electrons. The summed E-state index contributed by atoms with van der Waals surface area (Å²) in [5.74, 6) is 6.00. The highest BCUT2D eigenvalue weighted by Crippen LogP contribution is 2.25. The van der Waals surface area contributed by atoms with E-state index in [4.69, 9.17) is 10.6 Å². The van der Waals surface area contributed by atoms with Crippen molar-refractivity contribution in [2.45, 2.75) is 13.5 Å². The Morgan fingerprint density at radius 2 is 2.05 bits per heavy atom. The number of rotatable bonds is 5. The number of hydrazine groups is 1. The van der Waals surface area contributed by atoms with E-state index in [9.17, 15) is 10.1 Å². The van der Waals surface area contributed by atoms with Crippen LogP contribution >= 0.6 is 0 Å². The number of nitrogen functional groups attached to an aromatic ring is 1. The smallest absolute Gasteiger partial charge is 0.294 e. The number of nitrogens with two attached hydrogens (primary N) is 1. The number of nitrogens with zero attached hydrogens (tertiary/aromatic N) is 1. The number of hydrogen-bond donors (Lipinski definition) is 2. The minimum atomic E-state index is -0.480. The number of nitro benzene ring substituents is 1. The zero-order valence-electron chi connectivity index (χ0n) is 11.0. The van der Waals surface area contributed by atoms with Gasteiger partial charge < -0.3 is 10.2 Å². The van der Waals surface area contributed by atoms with Crippen LogP contribution in [-0.4, -0.2) is 4.92 Å². The van der Waals surface area contributed by atoms with Gasteiger partial charge in [0.25, 0.3) is 5.69 Å². The first-order chi connectivity index (χ1) is 9.61. The van der Waals surface area contributed by atoms with Crippen LogP contribution in [-0.2, 0) is 6.61 Å². The van der Waals surface area contributed by atoms with Gasteiger partial charge in [0.05, 0.1) is 4.92 Å². The van der Waals surface area contributed by atoms with E-state index in [-0.39, 0.29) is 18.0 Å². The molecule has 20 heavy (non-hydrogen) atoms. The van der Waals surface area contributed by atoms with Crippen molar-refractivity contribution in [2.24, 2.45) is 5.84 Å². The van der Waals surface area contributed by atoms with Crippen LogP contribution in [0.4, 0.5) is 11.4 Å². The van der Waals surface area contributed by atoms with E-state index in [0.29, 0.717) is 5.56 Å². The van der Waals surface area contributed by atoms with Gasteiger partial charge in [0, 0.05) is 6.07 Å². The maximum absolute atomic E-state index is 10.9. The first-order valence-corrected chi connectivity index (χ1v) is 6.04. The summed E-state index contributed by atoms with van der Waals surface area (Å²) in [4.78, 5) is 10.5. The summed E-state index contributed by atoms with van der Waals surface area (Å²) in [7, 11) is 0. The van der Waals surface area contributed by atoms with Crippen LogP contribution in [0.15, 0.2) is 42.5 Å². The van der Waals surface area contributed by atoms with E-state index in [0.717, 1.165) is 11.3 Å². The third-order valence-electron chi connectivity index (χ3n) is 2.90. The van der Waals surface area contributed by atoms with Gasteiger partial charge in [-0.3, -0.25) is 16.0 Å². The number of hydrogen-bond acceptors (Lipinski definition) is 5. The first kappa shape index (κ1) is 13.8. The lowest BCUT2D eigenvalue weighted by molar-refractivity contribution is -0.384. The number of nitro groups is 1. The Morgan fingerprint density at radius 1 is 1.30 bits per heavy atom. The standard InChI is InChI=1S/C14H15N3O3/c1-10-4-2-3-5-14(10)20-9-11-6-7-12(16-15)13(8-11)17(18)19/h2-8,16H,9,15H2,1H3. The van der Waals surface area contributed by atoms with Crippen molar-refractivity contribution in [3.05, 3.63) is 63.7 Å². The highest BCUT2D eigenvalue weighted by Gasteiger charge is 2.13. The molecular weight excluding hydrogens is 258 g/mol. The molecular formula is C14H15N3O3. The van der Waals surface area contributed by atoms with Gasteiger partial charge in [-0.15, -0.1) is 0 Å². The molecule has 0 saturated heterocycles. The summed E-state index contributed by atoms with van der Waals surface area (Å²) >= 11 is 0. The molecule has 0 aliphatic rings. The average molecular weight is 273 g/mol. The molecule has 0 spiro atoms. The topological polar surface area (TPSA) is 90.4 Å². The third kappa shape index (κ3) is 3.04. The molecule has 3 N–H and O–H groups in total. The maximum Gasteiger partial charge on any atom is 0.294 e. The second-order valence-corrected chi connectivity index (χ2v) is 4.31. The predicted molar refractivity (Wildman–Crippen MR) is 76.4 cm³/mol. The monoisotopic (exact) mass is 273 g/mol. The zero-order valence-corrected chi connectivity index (χ0v) is 11.0. The van der Waals surface area contributed by atoms with Gasteiger partial charge in [-0.05, 0) is 30.2 Å². The molecule has 104 valence electrons. The highest BCUT2D eigenvalue weighted by atomic mass is 16.6. The van der Waals surface area contributed by atoms with Crippen LogP contribution in [0.5, 0.6) is 5.75 Å². The number of ether oxygens (including phenoxy) is 1. The average Bonchev–Trinajstić information content (AvgIpc) is 2.46. The molecule has 6 heteroatoms. The quantitative estimate of drug-likeness (QED) is 0.496. The Hall–Kier alpha value is -2.60. The molecule has 0 heterocycles. The van der Waals surface area contributed by atoms with Crippen LogP contribution in [0.25, 0.3) is 0 Å². The lowest BCUT2D eigenvalue weighted by Gasteiger charge is -2.09. The molecule has 0 bridgehead atoms. The second kappa shape index (κ2) is 6.03. The minimum absolute atomic E-state index is 0.0709. The molecule has 2 aromatic carbocycles. The van der Waals surface area contributed by atoms with Crippen LogP contribution in [0, 0.1) is 17.0 Å². The van der Waals surface area contributed by atoms with Gasteiger partial charge in [0.15, 0.2) is 0 Å². The second-order valence-electron chi connectivity index (χ2n) is 4.31. The van der Waals surface area contributed by atoms with Crippen LogP contribution in [0.3, 0.4) is 0 Å². The molecule has 0 atom stereocenters. The zero-order chi connectivity index (χ0) is 14.5. The lowest BCUT2D eigenvalue weighted by Crippen LogP contribution is -2.09. The molecule has 6 nitrogen and oxygen atoms in total. The van der Waals surface area contributed by atoms with Crippen molar-refractivity contribution in [2.75, 3.05) is 5.43 Å². The number of benzene rings is 2. The fourth-order valence-corrected chi connectivity index (χ4v) is 1.82. The number of aryl methyl sites for hydroxylation is 1. The van der Waals surface area contributed by atoms with Gasteiger partial charge in [0.1, 0.15) is 18.0 Å². The van der Waals surface area contributed by atoms with Crippen molar-refractivity contribution in [3.8, 4) is 5.75 Å². The summed E-state index contributed by atoms with van der Waals surface area (Å²) in [5.41, 5.74) is 4.23. The van der Waals surface area contributed by atoms with E-state index in [1.54, 1.807) is 12.1 Å². The Balaban J connectivity index is 2.16. The van der Waals surface area contributed by atoms with Crippen molar-refractivity contribution < 1.29 is 9.66 Å². The molecule has 2 rings (SSSR count). The normalized spacial score (nSPS) is 10.1. The third-order valence-corrected chi connectivity index (χ3v) is 2.90. The fourth-order valence-electron chi connectivity index (χ4n) is 1.82. The summed E-state index contributed by atoms with van der Waals surface area (Å²) in [6, 6.07) is 12.4. The lowest BCUT2D eigenvalue weighted by atomic mass is 10.2. The number of nitrogens with one attached hydrogen (secondary N) is 1. The van der Waals surface area contributed by atoms with Gasteiger partial charge in [-0.1, -0.05) is 24.3 Å². The Bertz CT molecular complexity index is 629. The summed E-state index contributed by atoms with van der Waals surface area (Å²) in [6.45, 7) is 2.20. The van der Waals surface area contributed by atoms with Crippen LogP contribution in [0.2, 0.25) is 0 Å². The Morgan fingerprint density at radius 3 is 2.70 bits per heavy atom. The predicted octanol–water partition coefficient (Wildman–Crippen LogP) is 2.77. The molecule has 0 fully saturated rings. The van der Waals surface area contributed by atoms with E-state index >= 15 is 0 Å². The van der Waals surface area contributed by atoms with Crippen molar-refractivity contribution in [1.82, 2.24) is 0 Å². The van der Waals surface area contributed by atoms with Gasteiger partial charge in [-0.2, -0.15) is 0 Å². The Kier molecular flexibility index (Phi) is 4.17. The van der Waals surface area contributed by atoms with E-state index in [1.807, 2.05) is 31.2 Å². The molecule has 2 aromatic rings. The van der Waals surface area contributed by atoms with E-state index in [2.05, 4.69) is 5.43 Å². The molecule has 0 aliphatic heterocycles. The molecule has 0 aromatic heterocycles. The highest BCUT2D eigenvalue weighted by molar-refractivity contribution is 5.61. The van der Waals surface area contributed by atoms with E-state index in [1.165, 1.54) is 6.07 Å². The van der Waals surface area contributed by atoms with Crippen LogP contribution in [0.1, 0.15) is 11.1 Å². The minimum Gasteiger partial charge on any atom is -0.489 e. The SMILES string of the molecule is Cc1ccccc1OCc1ccc(NN)c([N+](=O)[O-])c1. The largest absolute Gasteiger partial charge is 0.489 e. The Labute approximate surface area is 116 Å². The molecule has 0 unspecified atom stereocenters. The van der Waals surface area contributed by atoms with Crippen LogP contribution < -0.4 is 16.0 Å². The summed E-state index contributed by atoms with van der Waals surface area (Å²) in [5, 5.41) is 10.9. The summed E-state index contributed by atoms with van der Waals surface area (Å²) < 4.78 is 5.66. The number of anilines is 1. The maximum atomic E-state index is 10.9. The molecule has 0 amide bonds. The number of para-hydroxylation sites is 1. The van der Waals surface area contributed by atoms with Crippen molar-refractivity contribution >= 4 is 11.4 Å². The van der Waals surface area contributed by atoms with Crippen molar-refractivity contribution in [3.63, 3.8) is 0 Å². The van der Waals surface area contributed by atoms with Gasteiger partial charge in [0.2, 0.25) is 0 Å². The fraction of sp³-hybridized carbons (Fsp3) is 0.143. The van der Waals surface area contributed by atoms with Crippen molar-refractivity contribution in [1.29, 1.82) is 0 Å². The van der Waals surface area contributed by atoms with Gasteiger partial charge in [-0.25, -0.2) is 0 Å². The van der Waals surface area contributed by atoms with E-state index < -0.39 is 4.92 Å². The molecule has 0 aliphatic carbocycles. The first-order valence-electron chi connectivity index (χ1n) is 6.04.